The Morgan fingerprint density at radius 1 is 1.03 bits per heavy atom. The maximum Gasteiger partial charge on any atom is 0.273 e. The molecule has 2 heterocycles. The molecule has 1 saturated carbocycles. The topological polar surface area (TPSA) is 67.5 Å². The molecule has 0 saturated heterocycles. The number of halogens is 1. The van der Waals surface area contributed by atoms with Crippen molar-refractivity contribution in [3.05, 3.63) is 64.3 Å². The van der Waals surface area contributed by atoms with Gasteiger partial charge in [0.1, 0.15) is 5.69 Å². The van der Waals surface area contributed by atoms with E-state index in [-0.39, 0.29) is 18.0 Å². The summed E-state index contributed by atoms with van der Waals surface area (Å²) in [6, 6.07) is 13.7. The molecule has 2 aromatic carbocycles. The van der Waals surface area contributed by atoms with E-state index in [2.05, 4.69) is 28.1 Å². The van der Waals surface area contributed by atoms with E-state index in [1.807, 2.05) is 43.3 Å². The summed E-state index contributed by atoms with van der Waals surface area (Å²) in [6.07, 6.45) is 7.61. The Balaban J connectivity index is 1.60. The number of fused-ring (bicyclic) bond motifs is 1. The number of hydrogen-bond donors (Lipinski definition) is 1. The monoisotopic (exact) mass is 507 g/mol. The first kappa shape index (κ1) is 24.7. The number of carbonyl (C=O) groups is 1. The number of aromatic amines is 1. The molecule has 7 heteroatoms. The Morgan fingerprint density at radius 2 is 1.81 bits per heavy atom. The van der Waals surface area contributed by atoms with Gasteiger partial charge in [-0.2, -0.15) is 5.10 Å². The molecule has 1 unspecified atom stereocenters. The molecule has 1 aliphatic heterocycles. The Labute approximate surface area is 217 Å². The van der Waals surface area contributed by atoms with Crippen molar-refractivity contribution >= 4 is 17.5 Å². The van der Waals surface area contributed by atoms with Gasteiger partial charge in [-0.3, -0.25) is 9.89 Å². The van der Waals surface area contributed by atoms with E-state index in [0.29, 0.717) is 29.7 Å². The van der Waals surface area contributed by atoms with Crippen molar-refractivity contribution in [1.82, 2.24) is 15.1 Å². The van der Waals surface area contributed by atoms with Gasteiger partial charge in [0.2, 0.25) is 0 Å². The van der Waals surface area contributed by atoms with Gasteiger partial charge in [0, 0.05) is 22.2 Å². The highest BCUT2D eigenvalue weighted by molar-refractivity contribution is 6.30. The van der Waals surface area contributed by atoms with Crippen LogP contribution in [0, 0.1) is 0 Å². The molecule has 1 fully saturated rings. The lowest BCUT2D eigenvalue weighted by atomic mass is 9.91. The Bertz CT molecular complexity index is 1200. The number of carbonyl (C=O) groups excluding carboxylic acids is 1. The zero-order valence-electron chi connectivity index (χ0n) is 21.1. The summed E-state index contributed by atoms with van der Waals surface area (Å²) in [4.78, 5) is 15.9. The summed E-state index contributed by atoms with van der Waals surface area (Å²) in [5.41, 5.74) is 4.24. The molecule has 5 rings (SSSR count). The van der Waals surface area contributed by atoms with Gasteiger partial charge in [-0.1, -0.05) is 62.4 Å². The Morgan fingerprint density at radius 3 is 2.53 bits per heavy atom. The second-order valence-corrected chi connectivity index (χ2v) is 10.1. The van der Waals surface area contributed by atoms with Crippen molar-refractivity contribution in [3.8, 4) is 22.8 Å². The minimum Gasteiger partial charge on any atom is -0.490 e. The minimum absolute atomic E-state index is 0.0239. The summed E-state index contributed by atoms with van der Waals surface area (Å²) in [5, 5.41) is 8.34. The molecule has 1 aliphatic carbocycles. The maximum atomic E-state index is 13.8. The van der Waals surface area contributed by atoms with Crippen molar-refractivity contribution in [1.29, 1.82) is 0 Å². The third kappa shape index (κ3) is 4.71. The van der Waals surface area contributed by atoms with Crippen LogP contribution in [0.4, 0.5) is 0 Å². The Hall–Kier alpha value is -2.99. The molecule has 2 aliphatic rings. The van der Waals surface area contributed by atoms with Gasteiger partial charge in [0.05, 0.1) is 24.9 Å². The van der Waals surface area contributed by atoms with Crippen LogP contribution >= 0.6 is 11.6 Å². The van der Waals surface area contributed by atoms with E-state index in [1.165, 1.54) is 6.42 Å². The number of rotatable bonds is 9. The zero-order valence-corrected chi connectivity index (χ0v) is 21.8. The number of nitrogens with zero attached hydrogens (tertiary/aromatic N) is 2. The number of benzene rings is 2. The van der Waals surface area contributed by atoms with Crippen molar-refractivity contribution < 1.29 is 14.3 Å². The van der Waals surface area contributed by atoms with Crippen LogP contribution in [0.5, 0.6) is 11.5 Å². The molecule has 0 radical (unpaired) electrons. The van der Waals surface area contributed by atoms with Gasteiger partial charge in [-0.05, 0) is 56.0 Å². The van der Waals surface area contributed by atoms with Gasteiger partial charge < -0.3 is 14.4 Å². The smallest absolute Gasteiger partial charge is 0.273 e. The summed E-state index contributed by atoms with van der Waals surface area (Å²) in [7, 11) is 0. The molecule has 1 N–H and O–H groups in total. The normalized spacial score (nSPS) is 17.9. The molecular formula is C29H34ClN3O3. The first-order valence-corrected chi connectivity index (χ1v) is 13.6. The molecule has 1 aromatic heterocycles. The number of nitrogens with one attached hydrogen (secondary N) is 1. The molecule has 1 atom stereocenters. The fourth-order valence-electron chi connectivity index (χ4n) is 5.47. The molecule has 0 bridgehead atoms. The first-order chi connectivity index (χ1) is 17.6. The van der Waals surface area contributed by atoms with Crippen LogP contribution in [0.2, 0.25) is 5.02 Å². The fraction of sp³-hybridized carbons (Fsp3) is 0.448. The van der Waals surface area contributed by atoms with Crippen LogP contribution in [-0.4, -0.2) is 40.3 Å². The largest absolute Gasteiger partial charge is 0.490 e. The van der Waals surface area contributed by atoms with Gasteiger partial charge in [-0.15, -0.1) is 0 Å². The number of ether oxygens (including phenoxy) is 2. The van der Waals surface area contributed by atoms with Gasteiger partial charge in [0.15, 0.2) is 11.5 Å². The molecule has 1 amide bonds. The Kier molecular flexibility index (Phi) is 7.51. The molecule has 3 aromatic rings. The number of H-pyrrole nitrogens is 1. The highest BCUT2D eigenvalue weighted by Gasteiger charge is 2.45. The third-order valence-corrected chi connectivity index (χ3v) is 7.48. The van der Waals surface area contributed by atoms with Gasteiger partial charge in [-0.25, -0.2) is 0 Å². The van der Waals surface area contributed by atoms with Crippen molar-refractivity contribution in [2.24, 2.45) is 0 Å². The molecule has 36 heavy (non-hydrogen) atoms. The molecule has 0 spiro atoms. The molecule has 190 valence electrons. The predicted octanol–water partition coefficient (Wildman–Crippen LogP) is 7.19. The first-order valence-electron chi connectivity index (χ1n) is 13.2. The second kappa shape index (κ2) is 11.0. The summed E-state index contributed by atoms with van der Waals surface area (Å²) >= 11 is 6.15. The fourth-order valence-corrected chi connectivity index (χ4v) is 5.59. The highest BCUT2D eigenvalue weighted by atomic mass is 35.5. The zero-order chi connectivity index (χ0) is 25.1. The lowest BCUT2D eigenvalue weighted by Crippen LogP contribution is -2.40. The number of amides is 1. The van der Waals surface area contributed by atoms with Crippen LogP contribution in [0.1, 0.15) is 86.5 Å². The van der Waals surface area contributed by atoms with Gasteiger partial charge >= 0.3 is 0 Å². The minimum atomic E-state index is -0.246. The predicted molar refractivity (Wildman–Crippen MR) is 142 cm³/mol. The summed E-state index contributed by atoms with van der Waals surface area (Å²) in [6.45, 7) is 5.31. The lowest BCUT2D eigenvalue weighted by Gasteiger charge is -2.36. The van der Waals surface area contributed by atoms with E-state index in [1.54, 1.807) is 0 Å². The van der Waals surface area contributed by atoms with Crippen LogP contribution in [0.15, 0.2) is 42.5 Å². The average Bonchev–Trinajstić information content (AvgIpc) is 3.45. The van der Waals surface area contributed by atoms with Crippen molar-refractivity contribution in [3.63, 3.8) is 0 Å². The van der Waals surface area contributed by atoms with Crippen LogP contribution in [-0.2, 0) is 0 Å². The second-order valence-electron chi connectivity index (χ2n) is 9.62. The summed E-state index contributed by atoms with van der Waals surface area (Å²) in [5.74, 6) is 1.48. The van der Waals surface area contributed by atoms with E-state index in [4.69, 9.17) is 21.1 Å². The van der Waals surface area contributed by atoms with E-state index in [9.17, 15) is 4.79 Å². The summed E-state index contributed by atoms with van der Waals surface area (Å²) < 4.78 is 12.0. The lowest BCUT2D eigenvalue weighted by molar-refractivity contribution is 0.0605. The highest BCUT2D eigenvalue weighted by Crippen LogP contribution is 2.47. The average molecular weight is 508 g/mol. The molecule has 6 nitrogen and oxygen atoms in total. The van der Waals surface area contributed by atoms with Crippen LogP contribution in [0.25, 0.3) is 11.3 Å². The number of hydrogen-bond acceptors (Lipinski definition) is 4. The quantitative estimate of drug-likeness (QED) is 0.311. The van der Waals surface area contributed by atoms with Crippen LogP contribution < -0.4 is 9.47 Å². The SMILES string of the molecule is CCCCOc1ccc(C2c3c(-c4ccc(Cl)cc4)n[nH]c3C(=O)N2C2CCCCC2)cc1OCC. The third-order valence-electron chi connectivity index (χ3n) is 7.23. The maximum absolute atomic E-state index is 13.8. The van der Waals surface area contributed by atoms with E-state index >= 15 is 0 Å². The van der Waals surface area contributed by atoms with E-state index < -0.39 is 0 Å². The number of unbranched alkanes of at least 4 members (excludes halogenated alkanes) is 1. The molecular weight excluding hydrogens is 474 g/mol. The standard InChI is InChI=1S/C29H34ClN3O3/c1-3-5-17-36-23-16-13-20(18-24(23)35-4-2)28-25-26(19-11-14-21(30)15-12-19)31-32-27(25)29(34)33(28)22-9-7-6-8-10-22/h11-16,18,22,28H,3-10,17H2,1-2H3,(H,31,32). The van der Waals surface area contributed by atoms with E-state index in [0.717, 1.165) is 66.7 Å². The van der Waals surface area contributed by atoms with Crippen molar-refractivity contribution in [2.75, 3.05) is 13.2 Å². The van der Waals surface area contributed by atoms with Gasteiger partial charge in [0.25, 0.3) is 5.91 Å². The number of aromatic nitrogens is 2. The van der Waals surface area contributed by atoms with Crippen molar-refractivity contribution in [2.45, 2.75) is 70.9 Å². The van der Waals surface area contributed by atoms with Crippen LogP contribution in [0.3, 0.4) is 0 Å².